The molecule has 0 saturated heterocycles. The summed E-state index contributed by atoms with van der Waals surface area (Å²) >= 11 is 5.82. The molecule has 2 aromatic carbocycles. The maximum atomic E-state index is 12.3. The van der Waals surface area contributed by atoms with Crippen LogP contribution in [0.2, 0.25) is 5.02 Å². The van der Waals surface area contributed by atoms with Crippen molar-refractivity contribution in [2.24, 2.45) is 0 Å². The molecule has 0 bridgehead atoms. The first kappa shape index (κ1) is 15.4. The molecule has 0 unspecified atom stereocenters. The molecule has 0 saturated carbocycles. The van der Waals surface area contributed by atoms with E-state index in [1.807, 2.05) is 30.3 Å². The number of ether oxygens (including phenoxy) is 1. The summed E-state index contributed by atoms with van der Waals surface area (Å²) < 4.78 is 5.64. The summed E-state index contributed by atoms with van der Waals surface area (Å²) in [7, 11) is 1.77. The van der Waals surface area contributed by atoms with Gasteiger partial charge in [-0.1, -0.05) is 41.9 Å². The molecule has 2 aromatic rings. The van der Waals surface area contributed by atoms with Crippen LogP contribution in [-0.4, -0.2) is 24.0 Å². The first-order chi connectivity index (χ1) is 10.1. The summed E-state index contributed by atoms with van der Waals surface area (Å²) in [5, 5.41) is 0.641. The number of carbonyl (C=O) groups is 1. The zero-order valence-corrected chi connectivity index (χ0v) is 12.9. The van der Waals surface area contributed by atoms with Crippen molar-refractivity contribution >= 4 is 17.5 Å². The first-order valence-corrected chi connectivity index (χ1v) is 7.15. The highest BCUT2D eigenvalue weighted by Gasteiger charge is 2.19. The number of rotatable bonds is 5. The van der Waals surface area contributed by atoms with Crippen LogP contribution in [0.1, 0.15) is 12.5 Å². The van der Waals surface area contributed by atoms with Gasteiger partial charge in [0.25, 0.3) is 5.91 Å². The van der Waals surface area contributed by atoms with E-state index in [-0.39, 0.29) is 5.91 Å². The monoisotopic (exact) mass is 303 g/mol. The summed E-state index contributed by atoms with van der Waals surface area (Å²) in [6, 6.07) is 16.8. The molecule has 0 N–H and O–H groups in total. The second-order valence-corrected chi connectivity index (χ2v) is 5.33. The zero-order valence-electron chi connectivity index (χ0n) is 12.1. The summed E-state index contributed by atoms with van der Waals surface area (Å²) in [6.07, 6.45) is -0.542. The van der Waals surface area contributed by atoms with Crippen LogP contribution in [0.3, 0.4) is 0 Å². The predicted molar refractivity (Wildman–Crippen MR) is 84.5 cm³/mol. The SMILES string of the molecule is C[C@@H](Oc1ccc(Cl)cc1)C(=O)N(C)Cc1ccccc1. The summed E-state index contributed by atoms with van der Waals surface area (Å²) in [5.41, 5.74) is 1.09. The van der Waals surface area contributed by atoms with E-state index >= 15 is 0 Å². The Bertz CT molecular complexity index is 583. The van der Waals surface area contributed by atoms with Gasteiger partial charge in [-0.2, -0.15) is 0 Å². The Labute approximate surface area is 130 Å². The van der Waals surface area contributed by atoms with Crippen molar-refractivity contribution in [2.75, 3.05) is 7.05 Å². The lowest BCUT2D eigenvalue weighted by Crippen LogP contribution is -2.37. The third kappa shape index (κ3) is 4.50. The van der Waals surface area contributed by atoms with Gasteiger partial charge in [-0.3, -0.25) is 4.79 Å². The molecule has 21 heavy (non-hydrogen) atoms. The molecule has 0 radical (unpaired) electrons. The van der Waals surface area contributed by atoms with Gasteiger partial charge in [0.2, 0.25) is 0 Å². The van der Waals surface area contributed by atoms with Gasteiger partial charge in [0.05, 0.1) is 0 Å². The molecule has 0 aliphatic rings. The van der Waals surface area contributed by atoms with Crippen LogP contribution in [0.25, 0.3) is 0 Å². The minimum atomic E-state index is -0.542. The average molecular weight is 304 g/mol. The molecule has 110 valence electrons. The zero-order chi connectivity index (χ0) is 15.2. The van der Waals surface area contributed by atoms with Crippen molar-refractivity contribution in [3.05, 3.63) is 65.2 Å². The highest BCUT2D eigenvalue weighted by atomic mass is 35.5. The standard InChI is InChI=1S/C17H18ClNO2/c1-13(21-16-10-8-15(18)9-11-16)17(20)19(2)12-14-6-4-3-5-7-14/h3-11,13H,12H2,1-2H3/t13-/m1/s1. The molecule has 1 atom stereocenters. The van der Waals surface area contributed by atoms with Crippen molar-refractivity contribution < 1.29 is 9.53 Å². The summed E-state index contributed by atoms with van der Waals surface area (Å²) in [4.78, 5) is 14.0. The van der Waals surface area contributed by atoms with Crippen LogP contribution in [-0.2, 0) is 11.3 Å². The number of amides is 1. The molecule has 3 nitrogen and oxygen atoms in total. The molecular formula is C17H18ClNO2. The molecule has 0 aromatic heterocycles. The number of carbonyl (C=O) groups excluding carboxylic acids is 1. The molecule has 0 aliphatic carbocycles. The molecule has 2 rings (SSSR count). The second kappa shape index (κ2) is 7.14. The molecule has 1 amide bonds. The van der Waals surface area contributed by atoms with Crippen molar-refractivity contribution in [3.8, 4) is 5.75 Å². The quantitative estimate of drug-likeness (QED) is 0.841. The fraction of sp³-hybridized carbons (Fsp3) is 0.235. The molecular weight excluding hydrogens is 286 g/mol. The van der Waals surface area contributed by atoms with E-state index in [1.54, 1.807) is 43.1 Å². The van der Waals surface area contributed by atoms with Crippen molar-refractivity contribution in [1.82, 2.24) is 4.90 Å². The van der Waals surface area contributed by atoms with E-state index in [4.69, 9.17) is 16.3 Å². The van der Waals surface area contributed by atoms with Gasteiger partial charge in [-0.15, -0.1) is 0 Å². The van der Waals surface area contributed by atoms with Gasteiger partial charge in [0.1, 0.15) is 5.75 Å². The molecule has 0 spiro atoms. The van der Waals surface area contributed by atoms with E-state index in [0.717, 1.165) is 5.56 Å². The van der Waals surface area contributed by atoms with Gasteiger partial charge in [-0.05, 0) is 36.8 Å². The third-order valence-corrected chi connectivity index (χ3v) is 3.37. The molecule has 0 heterocycles. The summed E-state index contributed by atoms with van der Waals surface area (Å²) in [5.74, 6) is 0.571. The smallest absolute Gasteiger partial charge is 0.263 e. The van der Waals surface area contributed by atoms with E-state index in [1.165, 1.54) is 0 Å². The van der Waals surface area contributed by atoms with Gasteiger partial charge in [0, 0.05) is 18.6 Å². The van der Waals surface area contributed by atoms with Crippen LogP contribution < -0.4 is 4.74 Å². The predicted octanol–water partition coefficient (Wildman–Crippen LogP) is 3.77. The maximum absolute atomic E-state index is 12.3. The topological polar surface area (TPSA) is 29.5 Å². The lowest BCUT2D eigenvalue weighted by molar-refractivity contribution is -0.137. The number of halogens is 1. The van der Waals surface area contributed by atoms with Crippen LogP contribution in [0.4, 0.5) is 0 Å². The Morgan fingerprint density at radius 3 is 2.38 bits per heavy atom. The first-order valence-electron chi connectivity index (χ1n) is 6.77. The van der Waals surface area contributed by atoms with E-state index in [9.17, 15) is 4.79 Å². The van der Waals surface area contributed by atoms with Crippen molar-refractivity contribution in [1.29, 1.82) is 0 Å². The number of nitrogens with zero attached hydrogens (tertiary/aromatic N) is 1. The Morgan fingerprint density at radius 2 is 1.76 bits per heavy atom. The lowest BCUT2D eigenvalue weighted by atomic mass is 10.2. The number of hydrogen-bond acceptors (Lipinski definition) is 2. The number of likely N-dealkylation sites (N-methyl/N-ethyl adjacent to an activating group) is 1. The minimum Gasteiger partial charge on any atom is -0.481 e. The van der Waals surface area contributed by atoms with Crippen LogP contribution in [0.5, 0.6) is 5.75 Å². The van der Waals surface area contributed by atoms with Crippen molar-refractivity contribution in [3.63, 3.8) is 0 Å². The lowest BCUT2D eigenvalue weighted by Gasteiger charge is -2.22. The van der Waals surface area contributed by atoms with Crippen LogP contribution in [0.15, 0.2) is 54.6 Å². The van der Waals surface area contributed by atoms with E-state index in [2.05, 4.69) is 0 Å². The highest BCUT2D eigenvalue weighted by molar-refractivity contribution is 6.30. The Morgan fingerprint density at radius 1 is 1.14 bits per heavy atom. The molecule has 4 heteroatoms. The normalized spacial score (nSPS) is 11.8. The van der Waals surface area contributed by atoms with Crippen molar-refractivity contribution in [2.45, 2.75) is 19.6 Å². The second-order valence-electron chi connectivity index (χ2n) is 4.89. The third-order valence-electron chi connectivity index (χ3n) is 3.11. The maximum Gasteiger partial charge on any atom is 0.263 e. The average Bonchev–Trinajstić information content (AvgIpc) is 2.49. The largest absolute Gasteiger partial charge is 0.481 e. The van der Waals surface area contributed by atoms with Gasteiger partial charge in [-0.25, -0.2) is 0 Å². The molecule has 0 aliphatic heterocycles. The van der Waals surface area contributed by atoms with E-state index in [0.29, 0.717) is 17.3 Å². The fourth-order valence-corrected chi connectivity index (χ4v) is 2.14. The summed E-state index contributed by atoms with van der Waals surface area (Å²) in [6.45, 7) is 2.31. The molecule has 0 fully saturated rings. The number of hydrogen-bond donors (Lipinski definition) is 0. The van der Waals surface area contributed by atoms with Crippen LogP contribution >= 0.6 is 11.6 Å². The highest BCUT2D eigenvalue weighted by Crippen LogP contribution is 2.17. The van der Waals surface area contributed by atoms with Gasteiger partial charge in [0.15, 0.2) is 6.10 Å². The minimum absolute atomic E-state index is 0.0613. The Balaban J connectivity index is 1.93. The van der Waals surface area contributed by atoms with E-state index < -0.39 is 6.10 Å². The van der Waals surface area contributed by atoms with Gasteiger partial charge < -0.3 is 9.64 Å². The number of benzene rings is 2. The fourth-order valence-electron chi connectivity index (χ4n) is 2.01. The van der Waals surface area contributed by atoms with Crippen LogP contribution in [0, 0.1) is 0 Å². The Hall–Kier alpha value is -2.00. The van der Waals surface area contributed by atoms with Gasteiger partial charge >= 0.3 is 0 Å². The Kier molecular flexibility index (Phi) is 5.23.